The van der Waals surface area contributed by atoms with Crippen molar-refractivity contribution in [3.63, 3.8) is 0 Å². The first-order valence-corrected chi connectivity index (χ1v) is 8.82. The average molecular weight is 307 g/mol. The Balaban J connectivity index is 1.82. The van der Waals surface area contributed by atoms with Crippen molar-refractivity contribution in [2.45, 2.75) is 30.6 Å². The molecule has 0 atom stereocenters. The standard InChI is InChI=1S/C15H21N3O2S/c16-13-14-6-4-7-15(12-14)21(19,20)17-8-5-11-18-9-2-1-3-10-18/h4,6-7,12,17H,1-3,5,8-11H2. The monoisotopic (exact) mass is 307 g/mol. The van der Waals surface area contributed by atoms with E-state index >= 15 is 0 Å². The third-order valence-electron chi connectivity index (χ3n) is 3.67. The molecule has 1 aromatic carbocycles. The van der Waals surface area contributed by atoms with Crippen LogP contribution in [-0.2, 0) is 10.0 Å². The highest BCUT2D eigenvalue weighted by molar-refractivity contribution is 7.89. The van der Waals surface area contributed by atoms with Gasteiger partial charge < -0.3 is 4.90 Å². The van der Waals surface area contributed by atoms with E-state index in [4.69, 9.17) is 5.26 Å². The summed E-state index contributed by atoms with van der Waals surface area (Å²) in [5.41, 5.74) is 0.353. The molecule has 0 saturated carbocycles. The normalized spacial score (nSPS) is 16.5. The molecule has 1 N–H and O–H groups in total. The largest absolute Gasteiger partial charge is 0.303 e. The number of likely N-dealkylation sites (tertiary alicyclic amines) is 1. The topological polar surface area (TPSA) is 73.2 Å². The van der Waals surface area contributed by atoms with Crippen molar-refractivity contribution in [1.29, 1.82) is 5.26 Å². The Kier molecular flexibility index (Phi) is 5.74. The lowest BCUT2D eigenvalue weighted by Crippen LogP contribution is -2.33. The van der Waals surface area contributed by atoms with E-state index in [0.717, 1.165) is 26.1 Å². The van der Waals surface area contributed by atoms with Crippen molar-refractivity contribution in [3.8, 4) is 6.07 Å². The maximum Gasteiger partial charge on any atom is 0.240 e. The van der Waals surface area contributed by atoms with Crippen LogP contribution in [0.3, 0.4) is 0 Å². The number of hydrogen-bond donors (Lipinski definition) is 1. The van der Waals surface area contributed by atoms with Gasteiger partial charge >= 0.3 is 0 Å². The summed E-state index contributed by atoms with van der Waals surface area (Å²) in [5.74, 6) is 0. The van der Waals surface area contributed by atoms with Gasteiger partial charge in [0.05, 0.1) is 16.5 Å². The van der Waals surface area contributed by atoms with E-state index in [1.165, 1.54) is 31.4 Å². The highest BCUT2D eigenvalue weighted by Crippen LogP contribution is 2.11. The molecule has 1 heterocycles. The fourth-order valence-corrected chi connectivity index (χ4v) is 3.63. The number of nitriles is 1. The van der Waals surface area contributed by atoms with E-state index in [1.807, 2.05) is 6.07 Å². The predicted molar refractivity (Wildman–Crippen MR) is 81.3 cm³/mol. The van der Waals surface area contributed by atoms with Gasteiger partial charge in [0.2, 0.25) is 10.0 Å². The van der Waals surface area contributed by atoms with Crippen molar-refractivity contribution in [2.75, 3.05) is 26.2 Å². The summed E-state index contributed by atoms with van der Waals surface area (Å²) in [4.78, 5) is 2.54. The number of nitrogens with one attached hydrogen (secondary N) is 1. The maximum absolute atomic E-state index is 12.1. The molecule has 0 unspecified atom stereocenters. The summed E-state index contributed by atoms with van der Waals surface area (Å²) in [6.07, 6.45) is 4.59. The molecule has 1 aromatic rings. The lowest BCUT2D eigenvalue weighted by molar-refractivity contribution is 0.227. The molecule has 0 spiro atoms. The molecule has 0 aliphatic carbocycles. The van der Waals surface area contributed by atoms with Gasteiger partial charge in [-0.2, -0.15) is 5.26 Å². The number of piperidine rings is 1. The van der Waals surface area contributed by atoms with Gasteiger partial charge in [0.1, 0.15) is 0 Å². The molecule has 5 nitrogen and oxygen atoms in total. The van der Waals surface area contributed by atoms with E-state index < -0.39 is 10.0 Å². The van der Waals surface area contributed by atoms with Crippen molar-refractivity contribution >= 4 is 10.0 Å². The zero-order chi connectivity index (χ0) is 15.1. The maximum atomic E-state index is 12.1. The molecule has 1 aliphatic heterocycles. The number of rotatable bonds is 6. The highest BCUT2D eigenvalue weighted by atomic mass is 32.2. The molecule has 2 rings (SSSR count). The van der Waals surface area contributed by atoms with Crippen LogP contribution < -0.4 is 4.72 Å². The molecule has 1 fully saturated rings. The van der Waals surface area contributed by atoms with Gasteiger partial charge in [-0.1, -0.05) is 12.5 Å². The van der Waals surface area contributed by atoms with Crippen LogP contribution in [0.1, 0.15) is 31.2 Å². The minimum Gasteiger partial charge on any atom is -0.303 e. The van der Waals surface area contributed by atoms with Crippen LogP contribution in [0.5, 0.6) is 0 Å². The summed E-state index contributed by atoms with van der Waals surface area (Å²) >= 11 is 0. The van der Waals surface area contributed by atoms with Gasteiger partial charge in [-0.05, 0) is 57.1 Å². The third kappa shape index (κ3) is 4.81. The Morgan fingerprint density at radius 2 is 2.00 bits per heavy atom. The van der Waals surface area contributed by atoms with Crippen LogP contribution >= 0.6 is 0 Å². The molecular formula is C15H21N3O2S. The second-order valence-corrected chi connectivity index (χ2v) is 7.06. The smallest absolute Gasteiger partial charge is 0.240 e. The van der Waals surface area contributed by atoms with Gasteiger partial charge in [0.25, 0.3) is 0 Å². The molecule has 0 radical (unpaired) electrons. The lowest BCUT2D eigenvalue weighted by atomic mass is 10.1. The van der Waals surface area contributed by atoms with Gasteiger partial charge in [-0.25, -0.2) is 13.1 Å². The second-order valence-electron chi connectivity index (χ2n) is 5.29. The molecule has 6 heteroatoms. The Labute approximate surface area is 126 Å². The van der Waals surface area contributed by atoms with Crippen molar-refractivity contribution in [2.24, 2.45) is 0 Å². The van der Waals surface area contributed by atoms with Gasteiger partial charge in [0, 0.05) is 6.54 Å². The second kappa shape index (κ2) is 7.55. The first-order chi connectivity index (χ1) is 10.1. The highest BCUT2D eigenvalue weighted by Gasteiger charge is 2.14. The van der Waals surface area contributed by atoms with E-state index in [1.54, 1.807) is 12.1 Å². The van der Waals surface area contributed by atoms with Crippen molar-refractivity contribution in [1.82, 2.24) is 9.62 Å². The quantitative estimate of drug-likeness (QED) is 0.812. The van der Waals surface area contributed by atoms with Crippen LogP contribution in [0.15, 0.2) is 29.2 Å². The molecular weight excluding hydrogens is 286 g/mol. The van der Waals surface area contributed by atoms with Gasteiger partial charge in [0.15, 0.2) is 0 Å². The first-order valence-electron chi connectivity index (χ1n) is 7.34. The van der Waals surface area contributed by atoms with Crippen molar-refractivity contribution < 1.29 is 8.42 Å². The van der Waals surface area contributed by atoms with Crippen LogP contribution in [0.25, 0.3) is 0 Å². The Hall–Kier alpha value is -1.42. The van der Waals surface area contributed by atoms with Crippen molar-refractivity contribution in [3.05, 3.63) is 29.8 Å². The molecule has 0 bridgehead atoms. The third-order valence-corrected chi connectivity index (χ3v) is 5.12. The fraction of sp³-hybridized carbons (Fsp3) is 0.533. The minimum absolute atomic E-state index is 0.152. The van der Waals surface area contributed by atoms with Crippen LogP contribution in [-0.4, -0.2) is 39.5 Å². The van der Waals surface area contributed by atoms with E-state index in [9.17, 15) is 8.42 Å². The molecule has 114 valence electrons. The number of sulfonamides is 1. The van der Waals surface area contributed by atoms with E-state index in [0.29, 0.717) is 12.1 Å². The Morgan fingerprint density at radius 3 is 2.71 bits per heavy atom. The molecule has 0 amide bonds. The Morgan fingerprint density at radius 1 is 1.24 bits per heavy atom. The van der Waals surface area contributed by atoms with E-state index in [-0.39, 0.29) is 4.90 Å². The molecule has 21 heavy (non-hydrogen) atoms. The summed E-state index contributed by atoms with van der Waals surface area (Å²) < 4.78 is 26.8. The number of benzene rings is 1. The zero-order valence-corrected chi connectivity index (χ0v) is 12.9. The SMILES string of the molecule is N#Cc1cccc(S(=O)(=O)NCCCN2CCCCC2)c1. The van der Waals surface area contributed by atoms with Crippen LogP contribution in [0.4, 0.5) is 0 Å². The van der Waals surface area contributed by atoms with Crippen LogP contribution in [0, 0.1) is 11.3 Å². The molecule has 0 aromatic heterocycles. The number of hydrogen-bond acceptors (Lipinski definition) is 4. The van der Waals surface area contributed by atoms with Gasteiger partial charge in [-0.3, -0.25) is 0 Å². The fourth-order valence-electron chi connectivity index (χ4n) is 2.51. The lowest BCUT2D eigenvalue weighted by Gasteiger charge is -2.26. The summed E-state index contributed by atoms with van der Waals surface area (Å²) in [6.45, 7) is 3.60. The predicted octanol–water partition coefficient (Wildman–Crippen LogP) is 1.71. The van der Waals surface area contributed by atoms with E-state index in [2.05, 4.69) is 9.62 Å². The van der Waals surface area contributed by atoms with Crippen LogP contribution in [0.2, 0.25) is 0 Å². The molecule has 1 aliphatic rings. The summed E-state index contributed by atoms with van der Waals surface area (Å²) in [7, 11) is -3.52. The average Bonchev–Trinajstić information content (AvgIpc) is 2.53. The zero-order valence-electron chi connectivity index (χ0n) is 12.1. The van der Waals surface area contributed by atoms with Gasteiger partial charge in [-0.15, -0.1) is 0 Å². The minimum atomic E-state index is -3.52. The first kappa shape index (κ1) is 16.0. The Bertz CT molecular complexity index is 602. The summed E-state index contributed by atoms with van der Waals surface area (Å²) in [5, 5.41) is 8.82. The summed E-state index contributed by atoms with van der Waals surface area (Å²) in [6, 6.07) is 8.03. The number of nitrogens with zero attached hydrogens (tertiary/aromatic N) is 2. The molecule has 1 saturated heterocycles.